The lowest BCUT2D eigenvalue weighted by molar-refractivity contribution is -0.200. The van der Waals surface area contributed by atoms with Crippen molar-refractivity contribution < 1.29 is 27.5 Å². The van der Waals surface area contributed by atoms with E-state index in [1.54, 1.807) is 35.1 Å². The second kappa shape index (κ2) is 8.89. The Morgan fingerprint density at radius 1 is 1.12 bits per heavy atom. The summed E-state index contributed by atoms with van der Waals surface area (Å²) in [7, 11) is 0. The molecule has 7 nitrogen and oxygen atoms in total. The maximum Gasteiger partial charge on any atom is 0.425 e. The molecular formula is C22H24ClF3N4O3. The third-order valence-electron chi connectivity index (χ3n) is 6.45. The van der Waals surface area contributed by atoms with E-state index in [1.807, 2.05) is 4.90 Å². The summed E-state index contributed by atoms with van der Waals surface area (Å²) in [4.78, 5) is 28.6. The van der Waals surface area contributed by atoms with Gasteiger partial charge in [-0.3, -0.25) is 4.79 Å². The van der Waals surface area contributed by atoms with Gasteiger partial charge in [0.25, 0.3) is 5.91 Å². The predicted octanol–water partition coefficient (Wildman–Crippen LogP) is 4.68. The van der Waals surface area contributed by atoms with Gasteiger partial charge in [0.2, 0.25) is 0 Å². The number of amides is 2. The second-order valence-corrected chi connectivity index (χ2v) is 8.93. The molecule has 1 atom stereocenters. The van der Waals surface area contributed by atoms with E-state index in [0.717, 1.165) is 25.5 Å². The van der Waals surface area contributed by atoms with Crippen LogP contribution >= 0.6 is 11.6 Å². The fourth-order valence-corrected chi connectivity index (χ4v) is 4.62. The van der Waals surface area contributed by atoms with Crippen molar-refractivity contribution in [1.29, 1.82) is 0 Å². The molecule has 0 radical (unpaired) electrons. The zero-order valence-corrected chi connectivity index (χ0v) is 18.8. The summed E-state index contributed by atoms with van der Waals surface area (Å²) in [6, 6.07) is 7.08. The van der Waals surface area contributed by atoms with Gasteiger partial charge in [-0.25, -0.2) is 9.48 Å². The molecule has 0 saturated carbocycles. The van der Waals surface area contributed by atoms with E-state index < -0.39 is 23.9 Å². The summed E-state index contributed by atoms with van der Waals surface area (Å²) in [5.74, 6) is -0.144. The van der Waals surface area contributed by atoms with Crippen LogP contribution in [0.15, 0.2) is 36.7 Å². The summed E-state index contributed by atoms with van der Waals surface area (Å²) in [6.45, 7) is 1.86. The smallest absolute Gasteiger partial charge is 0.425 e. The van der Waals surface area contributed by atoms with Crippen LogP contribution in [-0.2, 0) is 4.74 Å². The molecule has 2 aliphatic heterocycles. The molecule has 2 fully saturated rings. The average Bonchev–Trinajstić information content (AvgIpc) is 3.41. The molecule has 1 unspecified atom stereocenters. The first-order valence-corrected chi connectivity index (χ1v) is 11.1. The van der Waals surface area contributed by atoms with Gasteiger partial charge < -0.3 is 14.5 Å². The number of rotatable bonds is 3. The number of aromatic nitrogens is 2. The van der Waals surface area contributed by atoms with Crippen molar-refractivity contribution in [2.75, 3.05) is 19.6 Å². The largest absolute Gasteiger partial charge is 0.437 e. The van der Waals surface area contributed by atoms with E-state index in [4.69, 9.17) is 11.6 Å². The summed E-state index contributed by atoms with van der Waals surface area (Å²) >= 11 is 5.93. The number of carbonyl (C=O) groups is 2. The van der Waals surface area contributed by atoms with Crippen LogP contribution < -0.4 is 0 Å². The van der Waals surface area contributed by atoms with Crippen LogP contribution in [-0.4, -0.2) is 69.0 Å². The Hall–Kier alpha value is -2.75. The Bertz CT molecular complexity index is 1020. The minimum Gasteiger partial charge on any atom is -0.437 e. The van der Waals surface area contributed by atoms with Crippen LogP contribution in [0, 0.1) is 0 Å². The van der Waals surface area contributed by atoms with E-state index in [2.05, 4.69) is 9.84 Å². The molecule has 0 bridgehead atoms. The number of hydrogen-bond donors (Lipinski definition) is 0. The normalized spacial score (nSPS) is 19.1. The lowest BCUT2D eigenvalue weighted by atomic mass is 9.85. The molecule has 2 aromatic rings. The lowest BCUT2D eigenvalue weighted by Gasteiger charge is -2.44. The Balaban J connectivity index is 1.42. The van der Waals surface area contributed by atoms with E-state index >= 15 is 0 Å². The van der Waals surface area contributed by atoms with E-state index in [0.29, 0.717) is 30.0 Å². The number of benzene rings is 1. The number of piperidine rings is 1. The van der Waals surface area contributed by atoms with Crippen molar-refractivity contribution in [2.45, 2.75) is 50.4 Å². The zero-order chi connectivity index (χ0) is 23.8. The number of alkyl halides is 3. The van der Waals surface area contributed by atoms with E-state index in [1.165, 1.54) is 11.1 Å². The molecule has 1 aromatic heterocycles. The summed E-state index contributed by atoms with van der Waals surface area (Å²) in [5.41, 5.74) is 0.799. The number of nitrogens with zero attached hydrogens (tertiary/aromatic N) is 4. The van der Waals surface area contributed by atoms with Gasteiger partial charge in [0.1, 0.15) is 0 Å². The van der Waals surface area contributed by atoms with Gasteiger partial charge in [-0.1, -0.05) is 11.6 Å². The molecule has 1 aromatic carbocycles. The SMILES string of the molecule is CC(OC(=O)N1CCC2(CCCN2C(=O)c2cnn(-c3ccc(Cl)cc3)c2)CC1)C(F)(F)F. The molecule has 11 heteroatoms. The summed E-state index contributed by atoms with van der Waals surface area (Å²) in [6.07, 6.45) is -1.97. The molecule has 2 amide bonds. The highest BCUT2D eigenvalue weighted by atomic mass is 35.5. The fourth-order valence-electron chi connectivity index (χ4n) is 4.50. The van der Waals surface area contributed by atoms with Crippen LogP contribution in [0.3, 0.4) is 0 Å². The minimum absolute atomic E-state index is 0.144. The maximum absolute atomic E-state index is 13.3. The number of carbonyl (C=O) groups excluding carboxylic acids is 2. The monoisotopic (exact) mass is 484 g/mol. The highest BCUT2D eigenvalue weighted by Gasteiger charge is 2.47. The zero-order valence-electron chi connectivity index (χ0n) is 18.0. The number of likely N-dealkylation sites (tertiary alicyclic amines) is 2. The van der Waals surface area contributed by atoms with Gasteiger partial charge in [0.15, 0.2) is 6.10 Å². The molecule has 3 heterocycles. The standard InChI is InChI=1S/C22H24ClF3N4O3/c1-15(22(24,25)26)33-20(32)28-11-8-21(9-12-28)7-2-10-29(21)19(31)16-13-27-30(14-16)18-5-3-17(23)4-6-18/h3-6,13-15H,2,7-12H2,1H3. The van der Waals surface area contributed by atoms with Crippen molar-refractivity contribution in [2.24, 2.45) is 0 Å². The lowest BCUT2D eigenvalue weighted by Crippen LogP contribution is -2.55. The molecule has 1 spiro atoms. The van der Waals surface area contributed by atoms with Crippen molar-refractivity contribution >= 4 is 23.6 Å². The van der Waals surface area contributed by atoms with Gasteiger partial charge in [-0.2, -0.15) is 18.3 Å². The Kier molecular flexibility index (Phi) is 6.30. The quantitative estimate of drug-likeness (QED) is 0.634. The molecule has 0 N–H and O–H groups in total. The first-order chi connectivity index (χ1) is 15.6. The van der Waals surface area contributed by atoms with Gasteiger partial charge in [-0.05, 0) is 56.9 Å². The van der Waals surface area contributed by atoms with Crippen molar-refractivity contribution in [3.63, 3.8) is 0 Å². The van der Waals surface area contributed by atoms with Gasteiger partial charge in [-0.15, -0.1) is 0 Å². The van der Waals surface area contributed by atoms with E-state index in [-0.39, 0.29) is 19.0 Å². The number of halogens is 4. The average molecular weight is 485 g/mol. The fraction of sp³-hybridized carbons (Fsp3) is 0.500. The minimum atomic E-state index is -4.60. The molecule has 2 saturated heterocycles. The van der Waals surface area contributed by atoms with E-state index in [9.17, 15) is 22.8 Å². The van der Waals surface area contributed by atoms with Crippen molar-refractivity contribution in [1.82, 2.24) is 19.6 Å². The van der Waals surface area contributed by atoms with Crippen LogP contribution in [0.4, 0.5) is 18.0 Å². The predicted molar refractivity (Wildman–Crippen MR) is 114 cm³/mol. The Morgan fingerprint density at radius 3 is 2.42 bits per heavy atom. The summed E-state index contributed by atoms with van der Waals surface area (Å²) in [5, 5.41) is 4.89. The molecular weight excluding hydrogens is 461 g/mol. The van der Waals surface area contributed by atoms with Gasteiger partial charge >= 0.3 is 12.3 Å². The number of hydrogen-bond acceptors (Lipinski definition) is 4. The highest BCUT2D eigenvalue weighted by Crippen LogP contribution is 2.39. The maximum atomic E-state index is 13.3. The third-order valence-corrected chi connectivity index (χ3v) is 6.71. The third kappa shape index (κ3) is 4.80. The van der Waals surface area contributed by atoms with Crippen LogP contribution in [0.1, 0.15) is 43.0 Å². The summed E-state index contributed by atoms with van der Waals surface area (Å²) < 4.78 is 44.2. The van der Waals surface area contributed by atoms with Gasteiger partial charge in [0, 0.05) is 36.4 Å². The highest BCUT2D eigenvalue weighted by molar-refractivity contribution is 6.30. The second-order valence-electron chi connectivity index (χ2n) is 8.49. The van der Waals surface area contributed by atoms with Gasteiger partial charge in [0.05, 0.1) is 17.4 Å². The van der Waals surface area contributed by atoms with Crippen LogP contribution in [0.2, 0.25) is 5.02 Å². The molecule has 0 aliphatic carbocycles. The first-order valence-electron chi connectivity index (χ1n) is 10.7. The topological polar surface area (TPSA) is 67.7 Å². The Labute approximate surface area is 194 Å². The molecule has 4 rings (SSSR count). The van der Waals surface area contributed by atoms with Crippen molar-refractivity contribution in [3.05, 3.63) is 47.2 Å². The molecule has 178 valence electrons. The van der Waals surface area contributed by atoms with Crippen LogP contribution in [0.25, 0.3) is 5.69 Å². The molecule has 2 aliphatic rings. The molecule has 33 heavy (non-hydrogen) atoms. The number of ether oxygens (including phenoxy) is 1. The Morgan fingerprint density at radius 2 is 1.79 bits per heavy atom. The first kappa shape index (κ1) is 23.4. The van der Waals surface area contributed by atoms with Crippen molar-refractivity contribution in [3.8, 4) is 5.69 Å². The van der Waals surface area contributed by atoms with Crippen LogP contribution in [0.5, 0.6) is 0 Å².